The standard InChI is InChI=1S/C17H19NO2/c1-11(14-8-7-13(19)9-17(14)20)18-16-10-15(16)12-5-3-2-4-6-12/h2-9,11,15-16,18-20H,10H2,1H3. The smallest absolute Gasteiger partial charge is 0.124 e. The van der Waals surface area contributed by atoms with E-state index in [-0.39, 0.29) is 17.5 Å². The van der Waals surface area contributed by atoms with Crippen molar-refractivity contribution in [3.8, 4) is 11.5 Å². The Morgan fingerprint density at radius 2 is 1.85 bits per heavy atom. The zero-order valence-corrected chi connectivity index (χ0v) is 11.5. The molecule has 0 radical (unpaired) electrons. The van der Waals surface area contributed by atoms with Crippen LogP contribution in [0.2, 0.25) is 0 Å². The van der Waals surface area contributed by atoms with Crippen LogP contribution in [0.4, 0.5) is 0 Å². The maximum Gasteiger partial charge on any atom is 0.124 e. The molecular formula is C17H19NO2. The van der Waals surface area contributed by atoms with Crippen LogP contribution in [-0.2, 0) is 0 Å². The second kappa shape index (κ2) is 5.17. The van der Waals surface area contributed by atoms with Crippen LogP contribution in [-0.4, -0.2) is 16.3 Å². The topological polar surface area (TPSA) is 52.5 Å². The number of aromatic hydroxyl groups is 2. The molecular weight excluding hydrogens is 250 g/mol. The Morgan fingerprint density at radius 3 is 2.55 bits per heavy atom. The van der Waals surface area contributed by atoms with Gasteiger partial charge < -0.3 is 15.5 Å². The highest BCUT2D eigenvalue weighted by Crippen LogP contribution is 2.42. The third kappa shape index (κ3) is 2.63. The van der Waals surface area contributed by atoms with E-state index in [1.165, 1.54) is 11.6 Å². The highest BCUT2D eigenvalue weighted by molar-refractivity contribution is 5.41. The van der Waals surface area contributed by atoms with Crippen LogP contribution < -0.4 is 5.32 Å². The molecule has 1 saturated carbocycles. The van der Waals surface area contributed by atoms with Crippen molar-refractivity contribution < 1.29 is 10.2 Å². The van der Waals surface area contributed by atoms with E-state index in [0.29, 0.717) is 12.0 Å². The Labute approximate surface area is 118 Å². The predicted molar refractivity (Wildman–Crippen MR) is 78.9 cm³/mol. The molecule has 3 unspecified atom stereocenters. The van der Waals surface area contributed by atoms with Gasteiger partial charge in [-0.2, -0.15) is 0 Å². The summed E-state index contributed by atoms with van der Waals surface area (Å²) >= 11 is 0. The van der Waals surface area contributed by atoms with E-state index in [2.05, 4.69) is 29.6 Å². The molecule has 0 aliphatic heterocycles. The lowest BCUT2D eigenvalue weighted by atomic mass is 10.1. The summed E-state index contributed by atoms with van der Waals surface area (Å²) in [6, 6.07) is 15.8. The predicted octanol–water partition coefficient (Wildman–Crippen LogP) is 3.30. The Kier molecular flexibility index (Phi) is 3.36. The molecule has 0 saturated heterocycles. The summed E-state index contributed by atoms with van der Waals surface area (Å²) in [4.78, 5) is 0. The first-order valence-corrected chi connectivity index (χ1v) is 6.98. The molecule has 2 aromatic rings. The first kappa shape index (κ1) is 13.0. The van der Waals surface area contributed by atoms with Crippen molar-refractivity contribution in [1.82, 2.24) is 5.32 Å². The second-order valence-electron chi connectivity index (χ2n) is 5.49. The molecule has 3 nitrogen and oxygen atoms in total. The highest BCUT2D eigenvalue weighted by Gasteiger charge is 2.39. The minimum atomic E-state index is 0.0642. The molecule has 20 heavy (non-hydrogen) atoms. The summed E-state index contributed by atoms with van der Waals surface area (Å²) in [5.41, 5.74) is 2.19. The fraction of sp³-hybridized carbons (Fsp3) is 0.294. The molecule has 3 N–H and O–H groups in total. The van der Waals surface area contributed by atoms with Gasteiger partial charge in [0.2, 0.25) is 0 Å². The van der Waals surface area contributed by atoms with Gasteiger partial charge in [-0.3, -0.25) is 0 Å². The normalized spacial score (nSPS) is 22.4. The lowest BCUT2D eigenvalue weighted by Gasteiger charge is -2.16. The fourth-order valence-corrected chi connectivity index (χ4v) is 2.76. The summed E-state index contributed by atoms with van der Waals surface area (Å²) < 4.78 is 0. The Bertz CT molecular complexity index is 597. The quantitative estimate of drug-likeness (QED) is 0.798. The largest absolute Gasteiger partial charge is 0.508 e. The molecule has 104 valence electrons. The van der Waals surface area contributed by atoms with Gasteiger partial charge in [0.1, 0.15) is 11.5 Å². The lowest BCUT2D eigenvalue weighted by Crippen LogP contribution is -2.22. The van der Waals surface area contributed by atoms with Crippen molar-refractivity contribution in [2.24, 2.45) is 0 Å². The molecule has 3 rings (SSSR count). The fourth-order valence-electron chi connectivity index (χ4n) is 2.76. The number of phenols is 2. The number of hydrogen-bond acceptors (Lipinski definition) is 3. The zero-order valence-electron chi connectivity index (χ0n) is 11.5. The van der Waals surface area contributed by atoms with Crippen LogP contribution in [0.25, 0.3) is 0 Å². The van der Waals surface area contributed by atoms with E-state index in [1.54, 1.807) is 12.1 Å². The van der Waals surface area contributed by atoms with Gasteiger partial charge >= 0.3 is 0 Å². The molecule has 0 spiro atoms. The van der Waals surface area contributed by atoms with Crippen molar-refractivity contribution in [2.75, 3.05) is 0 Å². The molecule has 0 amide bonds. The molecule has 1 aliphatic carbocycles. The van der Waals surface area contributed by atoms with Crippen LogP contribution >= 0.6 is 0 Å². The molecule has 0 aromatic heterocycles. The average Bonchev–Trinajstić information content (AvgIpc) is 3.18. The van der Waals surface area contributed by atoms with Gasteiger partial charge in [-0.05, 0) is 25.0 Å². The second-order valence-corrected chi connectivity index (χ2v) is 5.49. The number of nitrogens with one attached hydrogen (secondary N) is 1. The van der Waals surface area contributed by atoms with Gasteiger partial charge in [-0.15, -0.1) is 0 Å². The monoisotopic (exact) mass is 269 g/mol. The Hall–Kier alpha value is -2.00. The lowest BCUT2D eigenvalue weighted by molar-refractivity contribution is 0.435. The first-order chi connectivity index (χ1) is 9.65. The van der Waals surface area contributed by atoms with Crippen LogP contribution in [0.5, 0.6) is 11.5 Å². The number of hydrogen-bond donors (Lipinski definition) is 3. The van der Waals surface area contributed by atoms with E-state index in [1.807, 2.05) is 13.0 Å². The molecule has 1 fully saturated rings. The van der Waals surface area contributed by atoms with Gasteiger partial charge in [-0.25, -0.2) is 0 Å². The van der Waals surface area contributed by atoms with Gasteiger partial charge in [0.15, 0.2) is 0 Å². The van der Waals surface area contributed by atoms with E-state index in [4.69, 9.17) is 0 Å². The van der Waals surface area contributed by atoms with Crippen molar-refractivity contribution in [1.29, 1.82) is 0 Å². The van der Waals surface area contributed by atoms with E-state index in [0.717, 1.165) is 12.0 Å². The molecule has 0 heterocycles. The Morgan fingerprint density at radius 1 is 1.10 bits per heavy atom. The maximum absolute atomic E-state index is 9.88. The van der Waals surface area contributed by atoms with Gasteiger partial charge in [0.05, 0.1) is 0 Å². The van der Waals surface area contributed by atoms with Crippen LogP contribution in [0.3, 0.4) is 0 Å². The van der Waals surface area contributed by atoms with Crippen molar-refractivity contribution in [3.05, 3.63) is 59.7 Å². The molecule has 2 aromatic carbocycles. The third-order valence-electron chi connectivity index (χ3n) is 3.96. The highest BCUT2D eigenvalue weighted by atomic mass is 16.3. The average molecular weight is 269 g/mol. The van der Waals surface area contributed by atoms with Crippen LogP contribution in [0, 0.1) is 0 Å². The van der Waals surface area contributed by atoms with Crippen molar-refractivity contribution in [3.63, 3.8) is 0 Å². The van der Waals surface area contributed by atoms with Crippen LogP contribution in [0.1, 0.15) is 36.4 Å². The minimum Gasteiger partial charge on any atom is -0.508 e. The molecule has 3 atom stereocenters. The summed E-state index contributed by atoms with van der Waals surface area (Å²) in [6.45, 7) is 2.03. The maximum atomic E-state index is 9.88. The van der Waals surface area contributed by atoms with Crippen LogP contribution in [0.15, 0.2) is 48.5 Å². The zero-order chi connectivity index (χ0) is 14.1. The number of rotatable bonds is 4. The molecule has 1 aliphatic rings. The number of benzene rings is 2. The first-order valence-electron chi connectivity index (χ1n) is 6.98. The Balaban J connectivity index is 1.65. The SMILES string of the molecule is CC(NC1CC1c1ccccc1)c1ccc(O)cc1O. The molecule has 3 heteroatoms. The van der Waals surface area contributed by atoms with Gasteiger partial charge in [0, 0.05) is 29.6 Å². The summed E-state index contributed by atoms with van der Waals surface area (Å²) in [5, 5.41) is 22.7. The van der Waals surface area contributed by atoms with Gasteiger partial charge in [0.25, 0.3) is 0 Å². The van der Waals surface area contributed by atoms with Gasteiger partial charge in [-0.1, -0.05) is 36.4 Å². The summed E-state index contributed by atoms with van der Waals surface area (Å²) in [6.07, 6.45) is 1.13. The van der Waals surface area contributed by atoms with Crippen molar-refractivity contribution in [2.45, 2.75) is 31.3 Å². The summed E-state index contributed by atoms with van der Waals surface area (Å²) in [5.74, 6) is 0.798. The molecule has 0 bridgehead atoms. The van der Waals surface area contributed by atoms with Crippen molar-refractivity contribution >= 4 is 0 Å². The van der Waals surface area contributed by atoms with E-state index in [9.17, 15) is 10.2 Å². The van der Waals surface area contributed by atoms with E-state index >= 15 is 0 Å². The van der Waals surface area contributed by atoms with E-state index < -0.39 is 0 Å². The number of phenolic OH excluding ortho intramolecular Hbond substituents is 2. The summed E-state index contributed by atoms with van der Waals surface area (Å²) in [7, 11) is 0. The third-order valence-corrected chi connectivity index (χ3v) is 3.96. The minimum absolute atomic E-state index is 0.0642.